The molecule has 3 atom stereocenters. The van der Waals surface area contributed by atoms with Crippen LogP contribution in [0, 0.1) is 5.41 Å². The quantitative estimate of drug-likeness (QED) is 0.163. The molecule has 2 heterocycles. The molecule has 4 rings (SSSR count). The molecular weight excluding hydrogens is 576 g/mol. The maximum absolute atomic E-state index is 13.7. The van der Waals surface area contributed by atoms with Crippen molar-refractivity contribution in [2.75, 3.05) is 6.54 Å². The van der Waals surface area contributed by atoms with Crippen LogP contribution in [0.2, 0.25) is 0 Å². The first-order valence-electron chi connectivity index (χ1n) is 14.4. The summed E-state index contributed by atoms with van der Waals surface area (Å²) in [5.41, 5.74) is 14.7. The predicted octanol–water partition coefficient (Wildman–Crippen LogP) is 4.31. The van der Waals surface area contributed by atoms with Gasteiger partial charge in [0.2, 0.25) is 0 Å². The fraction of sp³-hybridized carbons (Fsp3) is 0.333. The molecule has 0 fully saturated rings. The minimum Gasteiger partial charge on any atom is -0.443 e. The van der Waals surface area contributed by atoms with Crippen molar-refractivity contribution in [3.8, 4) is 11.3 Å². The average molecular weight is 617 g/mol. The van der Waals surface area contributed by atoms with E-state index in [2.05, 4.69) is 20.7 Å². The lowest BCUT2D eigenvalue weighted by molar-refractivity contribution is -0.131. The molecule has 4 aromatic rings. The van der Waals surface area contributed by atoms with Crippen molar-refractivity contribution >= 4 is 23.3 Å². The number of aromatic nitrogens is 2. The highest BCUT2D eigenvalue weighted by atomic mass is 32.1. The molecule has 10 nitrogen and oxygen atoms in total. The second-order valence-corrected chi connectivity index (χ2v) is 12.4. The standard InChI is InChI=1S/C33H40N6O4S/c1-33(2,3)30(37-32(42)43-20-26-21-44-22-36-26)31(41)38-39(19-29(40)27(34)17-23-9-5-4-6-10-23)18-24-12-14-25(15-13-24)28-11-7-8-16-35-28/h4-16,21-22,27,29-30,40H,17-20,34H2,1-3H3,(H,37,42)(H,38,41). The minimum atomic E-state index is -0.951. The highest BCUT2D eigenvalue weighted by Gasteiger charge is 2.34. The number of hydrogen-bond acceptors (Lipinski definition) is 9. The number of rotatable bonds is 13. The van der Waals surface area contributed by atoms with E-state index >= 15 is 0 Å². The molecule has 0 saturated carbocycles. The van der Waals surface area contributed by atoms with Gasteiger partial charge in [-0.3, -0.25) is 15.2 Å². The van der Waals surface area contributed by atoms with Crippen molar-refractivity contribution in [3.05, 3.63) is 107 Å². The Kier molecular flexibility index (Phi) is 11.6. The molecule has 0 aliphatic heterocycles. The molecule has 3 unspecified atom stereocenters. The second kappa shape index (κ2) is 15.5. The molecule has 2 aromatic heterocycles. The predicted molar refractivity (Wildman–Crippen MR) is 171 cm³/mol. The summed E-state index contributed by atoms with van der Waals surface area (Å²) in [4.78, 5) is 34.9. The number of thiazole rings is 1. The van der Waals surface area contributed by atoms with Crippen LogP contribution in [0.15, 0.2) is 89.9 Å². The Balaban J connectivity index is 1.48. The largest absolute Gasteiger partial charge is 0.443 e. The van der Waals surface area contributed by atoms with E-state index in [1.165, 1.54) is 11.3 Å². The van der Waals surface area contributed by atoms with Crippen molar-refractivity contribution in [1.29, 1.82) is 0 Å². The first-order valence-corrected chi connectivity index (χ1v) is 15.4. The van der Waals surface area contributed by atoms with Crippen molar-refractivity contribution < 1.29 is 19.4 Å². The van der Waals surface area contributed by atoms with Crippen LogP contribution in [-0.2, 0) is 29.1 Å². The molecule has 2 aromatic carbocycles. The first kappa shape index (κ1) is 32.7. The Morgan fingerprint density at radius 3 is 2.36 bits per heavy atom. The van der Waals surface area contributed by atoms with Gasteiger partial charge in [-0.25, -0.2) is 14.8 Å². The van der Waals surface area contributed by atoms with Crippen LogP contribution in [0.5, 0.6) is 0 Å². The number of hydrogen-bond donors (Lipinski definition) is 4. The van der Waals surface area contributed by atoms with E-state index in [9.17, 15) is 14.7 Å². The fourth-order valence-corrected chi connectivity index (χ4v) is 5.11. The molecule has 0 radical (unpaired) electrons. The lowest BCUT2D eigenvalue weighted by Crippen LogP contribution is -2.58. The number of alkyl carbamates (subject to hydrolysis) is 1. The Labute approximate surface area is 262 Å². The lowest BCUT2D eigenvalue weighted by atomic mass is 9.86. The number of pyridine rings is 1. The number of amides is 2. The Morgan fingerprint density at radius 1 is 1.00 bits per heavy atom. The number of carbonyl (C=O) groups is 2. The van der Waals surface area contributed by atoms with Crippen LogP contribution in [0.4, 0.5) is 4.79 Å². The monoisotopic (exact) mass is 616 g/mol. The molecule has 0 aliphatic rings. The van der Waals surface area contributed by atoms with Gasteiger partial charge in [-0.05, 0) is 35.1 Å². The molecule has 2 amide bonds. The van der Waals surface area contributed by atoms with Gasteiger partial charge in [0.15, 0.2) is 0 Å². The van der Waals surface area contributed by atoms with Gasteiger partial charge < -0.3 is 20.9 Å². The third kappa shape index (κ3) is 9.95. The van der Waals surface area contributed by atoms with Crippen LogP contribution in [0.25, 0.3) is 11.3 Å². The minimum absolute atomic E-state index is 0.0000673. The van der Waals surface area contributed by atoms with Crippen molar-refractivity contribution in [1.82, 2.24) is 25.7 Å². The van der Waals surface area contributed by atoms with Crippen molar-refractivity contribution in [3.63, 3.8) is 0 Å². The average Bonchev–Trinajstić information content (AvgIpc) is 3.53. The molecular formula is C33H40N6O4S. The van der Waals surface area contributed by atoms with Gasteiger partial charge in [-0.1, -0.05) is 81.4 Å². The molecule has 5 N–H and O–H groups in total. The number of nitrogens with one attached hydrogen (secondary N) is 2. The summed E-state index contributed by atoms with van der Waals surface area (Å²) < 4.78 is 5.30. The van der Waals surface area contributed by atoms with E-state index < -0.39 is 35.6 Å². The molecule has 232 valence electrons. The normalized spacial score (nSPS) is 13.6. The number of nitrogens with zero attached hydrogens (tertiary/aromatic N) is 3. The van der Waals surface area contributed by atoms with Gasteiger partial charge in [0.25, 0.3) is 5.91 Å². The molecule has 11 heteroatoms. The van der Waals surface area contributed by atoms with Crippen molar-refractivity contribution in [2.45, 2.75) is 58.5 Å². The topological polar surface area (TPSA) is 143 Å². The summed E-state index contributed by atoms with van der Waals surface area (Å²) in [5, 5.41) is 17.2. The Hall–Kier alpha value is -4.16. The van der Waals surface area contributed by atoms with E-state index in [4.69, 9.17) is 10.5 Å². The number of carbonyl (C=O) groups excluding carboxylic acids is 2. The summed E-state index contributed by atoms with van der Waals surface area (Å²) in [6.45, 7) is 5.90. The number of ether oxygens (including phenoxy) is 1. The van der Waals surface area contributed by atoms with Crippen LogP contribution < -0.4 is 16.5 Å². The molecule has 44 heavy (non-hydrogen) atoms. The third-order valence-corrected chi connectivity index (χ3v) is 7.63. The van der Waals surface area contributed by atoms with Gasteiger partial charge >= 0.3 is 6.09 Å². The summed E-state index contributed by atoms with van der Waals surface area (Å²) in [5.74, 6) is -0.447. The van der Waals surface area contributed by atoms with Crippen LogP contribution in [-0.4, -0.2) is 56.8 Å². The number of nitrogens with two attached hydrogens (primary N) is 1. The maximum Gasteiger partial charge on any atom is 0.408 e. The zero-order valence-corrected chi connectivity index (χ0v) is 26.0. The molecule has 0 saturated heterocycles. The highest BCUT2D eigenvalue weighted by molar-refractivity contribution is 7.07. The van der Waals surface area contributed by atoms with E-state index in [0.29, 0.717) is 12.1 Å². The van der Waals surface area contributed by atoms with Crippen molar-refractivity contribution in [2.24, 2.45) is 11.1 Å². The van der Waals surface area contributed by atoms with Crippen LogP contribution >= 0.6 is 11.3 Å². The second-order valence-electron chi connectivity index (χ2n) is 11.7. The van der Waals surface area contributed by atoms with E-state index in [0.717, 1.165) is 22.4 Å². The van der Waals surface area contributed by atoms with E-state index in [1.807, 2.05) is 93.6 Å². The van der Waals surface area contributed by atoms with Gasteiger partial charge in [-0.2, -0.15) is 0 Å². The summed E-state index contributed by atoms with van der Waals surface area (Å²) >= 11 is 1.40. The van der Waals surface area contributed by atoms with Crippen LogP contribution in [0.1, 0.15) is 37.6 Å². The third-order valence-electron chi connectivity index (χ3n) is 7.00. The van der Waals surface area contributed by atoms with Gasteiger partial charge in [0.05, 0.1) is 23.0 Å². The summed E-state index contributed by atoms with van der Waals surface area (Å²) in [7, 11) is 0. The summed E-state index contributed by atoms with van der Waals surface area (Å²) in [6.07, 6.45) is 0.538. The first-order chi connectivity index (χ1) is 21.1. The number of benzene rings is 2. The van der Waals surface area contributed by atoms with Crippen LogP contribution in [0.3, 0.4) is 0 Å². The molecule has 0 aliphatic carbocycles. The summed E-state index contributed by atoms with van der Waals surface area (Å²) in [6, 6.07) is 21.8. The Morgan fingerprint density at radius 2 is 1.73 bits per heavy atom. The lowest BCUT2D eigenvalue weighted by Gasteiger charge is -2.34. The van der Waals surface area contributed by atoms with Gasteiger partial charge in [0.1, 0.15) is 12.6 Å². The van der Waals surface area contributed by atoms with Gasteiger partial charge in [0, 0.05) is 36.3 Å². The zero-order valence-electron chi connectivity index (χ0n) is 25.2. The Bertz CT molecular complexity index is 1450. The van der Waals surface area contributed by atoms with Gasteiger partial charge in [-0.15, -0.1) is 11.3 Å². The number of aliphatic hydroxyl groups is 1. The maximum atomic E-state index is 13.7. The SMILES string of the molecule is CC(C)(C)C(NC(=O)OCc1cscn1)C(=O)NN(Cc1ccc(-c2ccccn2)cc1)CC(O)C(N)Cc1ccccc1. The van der Waals surface area contributed by atoms with E-state index in [1.54, 1.807) is 22.1 Å². The molecule has 0 spiro atoms. The fourth-order valence-electron chi connectivity index (χ4n) is 4.57. The molecule has 0 bridgehead atoms. The smallest absolute Gasteiger partial charge is 0.408 e. The number of aliphatic hydroxyl groups excluding tert-OH is 1. The number of hydrazine groups is 1. The highest BCUT2D eigenvalue weighted by Crippen LogP contribution is 2.21. The van der Waals surface area contributed by atoms with E-state index in [-0.39, 0.29) is 19.7 Å². The zero-order chi connectivity index (χ0) is 31.5.